The number of rotatable bonds is 3. The van der Waals surface area contributed by atoms with E-state index in [9.17, 15) is 9.59 Å². The molecular weight excluding hydrogens is 290 g/mol. The summed E-state index contributed by atoms with van der Waals surface area (Å²) in [7, 11) is 0. The summed E-state index contributed by atoms with van der Waals surface area (Å²) in [6.07, 6.45) is 8.00. The van der Waals surface area contributed by atoms with Crippen molar-refractivity contribution in [3.8, 4) is 0 Å². The minimum atomic E-state index is -0.0529. The van der Waals surface area contributed by atoms with E-state index in [0.29, 0.717) is 17.3 Å². The van der Waals surface area contributed by atoms with Gasteiger partial charge in [-0.05, 0) is 50.7 Å². The molecule has 0 saturated carbocycles. The molecule has 0 spiro atoms. The van der Waals surface area contributed by atoms with Gasteiger partial charge < -0.3 is 9.80 Å². The van der Waals surface area contributed by atoms with E-state index in [1.165, 1.54) is 6.42 Å². The summed E-state index contributed by atoms with van der Waals surface area (Å²) < 4.78 is 0. The predicted octanol–water partition coefficient (Wildman–Crippen LogP) is 2.72. The van der Waals surface area contributed by atoms with E-state index in [2.05, 4.69) is 11.9 Å². The highest BCUT2D eigenvalue weighted by atomic mass is 16.2. The Morgan fingerprint density at radius 1 is 1.13 bits per heavy atom. The van der Waals surface area contributed by atoms with Crippen molar-refractivity contribution in [3.05, 3.63) is 29.6 Å². The van der Waals surface area contributed by atoms with Gasteiger partial charge in [-0.15, -0.1) is 0 Å². The van der Waals surface area contributed by atoms with E-state index in [-0.39, 0.29) is 11.8 Å². The molecule has 3 rings (SSSR count). The van der Waals surface area contributed by atoms with Gasteiger partial charge in [0.2, 0.25) is 0 Å². The Morgan fingerprint density at radius 3 is 2.61 bits per heavy atom. The lowest BCUT2D eigenvalue weighted by molar-refractivity contribution is 0.0608. The van der Waals surface area contributed by atoms with Crippen molar-refractivity contribution in [1.82, 2.24) is 14.8 Å². The average Bonchev–Trinajstić information content (AvgIpc) is 3.15. The first kappa shape index (κ1) is 16.0. The highest BCUT2D eigenvalue weighted by Gasteiger charge is 2.27. The number of pyridine rings is 1. The van der Waals surface area contributed by atoms with E-state index < -0.39 is 0 Å². The third kappa shape index (κ3) is 3.38. The molecule has 3 heterocycles. The molecule has 0 aliphatic carbocycles. The smallest absolute Gasteiger partial charge is 0.272 e. The number of carbonyl (C=O) groups is 2. The van der Waals surface area contributed by atoms with Crippen LogP contribution in [0.2, 0.25) is 0 Å². The van der Waals surface area contributed by atoms with Gasteiger partial charge in [-0.3, -0.25) is 14.6 Å². The maximum absolute atomic E-state index is 12.8. The van der Waals surface area contributed by atoms with Crippen LogP contribution in [0.4, 0.5) is 0 Å². The molecule has 0 radical (unpaired) electrons. The summed E-state index contributed by atoms with van der Waals surface area (Å²) in [6, 6.07) is 3.72. The largest absolute Gasteiger partial charge is 0.337 e. The van der Waals surface area contributed by atoms with Gasteiger partial charge in [0.25, 0.3) is 11.8 Å². The number of hydrogen-bond acceptors (Lipinski definition) is 3. The Hall–Kier alpha value is -1.91. The zero-order valence-electron chi connectivity index (χ0n) is 13.8. The molecule has 1 atom stereocenters. The molecule has 23 heavy (non-hydrogen) atoms. The SMILES string of the molecule is CCC1CCCCN1C(=O)c1ccnc(C(=O)N2CCCC2)c1. The predicted molar refractivity (Wildman–Crippen MR) is 88.3 cm³/mol. The molecule has 5 nitrogen and oxygen atoms in total. The molecule has 0 aromatic carbocycles. The second kappa shape index (κ2) is 7.11. The van der Waals surface area contributed by atoms with E-state index in [0.717, 1.165) is 51.7 Å². The zero-order valence-corrected chi connectivity index (χ0v) is 13.8. The Morgan fingerprint density at radius 2 is 1.87 bits per heavy atom. The molecule has 5 heteroatoms. The Bertz CT molecular complexity index is 581. The lowest BCUT2D eigenvalue weighted by Crippen LogP contribution is -2.43. The molecule has 1 aromatic rings. The summed E-state index contributed by atoms with van der Waals surface area (Å²) in [5.41, 5.74) is 0.978. The van der Waals surface area contributed by atoms with Gasteiger partial charge in [-0.1, -0.05) is 6.92 Å². The second-order valence-electron chi connectivity index (χ2n) is 6.49. The second-order valence-corrected chi connectivity index (χ2v) is 6.49. The highest BCUT2D eigenvalue weighted by molar-refractivity contribution is 5.98. The maximum Gasteiger partial charge on any atom is 0.272 e. The van der Waals surface area contributed by atoms with Crippen molar-refractivity contribution in [2.24, 2.45) is 0 Å². The molecular formula is C18H25N3O2. The molecule has 1 unspecified atom stereocenters. The third-order valence-corrected chi connectivity index (χ3v) is 4.98. The van der Waals surface area contributed by atoms with E-state index in [1.807, 2.05) is 9.80 Å². The monoisotopic (exact) mass is 315 g/mol. The van der Waals surface area contributed by atoms with Crippen LogP contribution in [-0.2, 0) is 0 Å². The van der Waals surface area contributed by atoms with Gasteiger partial charge in [0.1, 0.15) is 5.69 Å². The van der Waals surface area contributed by atoms with Crippen molar-refractivity contribution in [2.45, 2.75) is 51.5 Å². The first-order valence-corrected chi connectivity index (χ1v) is 8.77. The van der Waals surface area contributed by atoms with Crippen LogP contribution in [0.15, 0.2) is 18.3 Å². The van der Waals surface area contributed by atoms with Gasteiger partial charge >= 0.3 is 0 Å². The van der Waals surface area contributed by atoms with E-state index in [4.69, 9.17) is 0 Å². The number of likely N-dealkylation sites (tertiary alicyclic amines) is 2. The minimum Gasteiger partial charge on any atom is -0.337 e. The molecule has 2 saturated heterocycles. The number of piperidine rings is 1. The number of amides is 2. The molecule has 2 amide bonds. The number of nitrogens with zero attached hydrogens (tertiary/aromatic N) is 3. The topological polar surface area (TPSA) is 53.5 Å². The summed E-state index contributed by atoms with van der Waals surface area (Å²) in [5.74, 6) is -0.0164. The van der Waals surface area contributed by atoms with Gasteiger partial charge in [0.15, 0.2) is 0 Å². The molecule has 2 fully saturated rings. The fourth-order valence-corrected chi connectivity index (χ4v) is 3.62. The third-order valence-electron chi connectivity index (χ3n) is 4.98. The Kier molecular flexibility index (Phi) is 4.94. The van der Waals surface area contributed by atoms with Crippen LogP contribution in [0, 0.1) is 0 Å². The van der Waals surface area contributed by atoms with Gasteiger partial charge in [-0.25, -0.2) is 0 Å². The Balaban J connectivity index is 1.78. The summed E-state index contributed by atoms with van der Waals surface area (Å²) in [6.45, 7) is 4.53. The Labute approximate surface area is 137 Å². The normalized spacial score (nSPS) is 21.5. The molecule has 124 valence electrons. The van der Waals surface area contributed by atoms with E-state index >= 15 is 0 Å². The lowest BCUT2D eigenvalue weighted by Gasteiger charge is -2.35. The summed E-state index contributed by atoms with van der Waals surface area (Å²) in [4.78, 5) is 33.3. The van der Waals surface area contributed by atoms with Crippen molar-refractivity contribution in [2.75, 3.05) is 19.6 Å². The average molecular weight is 315 g/mol. The first-order valence-electron chi connectivity index (χ1n) is 8.77. The number of hydrogen-bond donors (Lipinski definition) is 0. The number of carbonyl (C=O) groups excluding carboxylic acids is 2. The summed E-state index contributed by atoms with van der Waals surface area (Å²) >= 11 is 0. The quantitative estimate of drug-likeness (QED) is 0.862. The van der Waals surface area contributed by atoms with Gasteiger partial charge in [-0.2, -0.15) is 0 Å². The van der Waals surface area contributed by atoms with Crippen LogP contribution >= 0.6 is 0 Å². The molecule has 0 N–H and O–H groups in total. The van der Waals surface area contributed by atoms with Gasteiger partial charge in [0.05, 0.1) is 0 Å². The number of aromatic nitrogens is 1. The van der Waals surface area contributed by atoms with Crippen LogP contribution in [0.5, 0.6) is 0 Å². The first-order chi connectivity index (χ1) is 11.2. The van der Waals surface area contributed by atoms with Crippen molar-refractivity contribution in [3.63, 3.8) is 0 Å². The van der Waals surface area contributed by atoms with Crippen LogP contribution in [-0.4, -0.2) is 52.3 Å². The fraction of sp³-hybridized carbons (Fsp3) is 0.611. The van der Waals surface area contributed by atoms with E-state index in [1.54, 1.807) is 18.3 Å². The maximum atomic E-state index is 12.8. The highest BCUT2D eigenvalue weighted by Crippen LogP contribution is 2.22. The molecule has 0 bridgehead atoms. The minimum absolute atomic E-state index is 0.0365. The van der Waals surface area contributed by atoms with Crippen molar-refractivity contribution in [1.29, 1.82) is 0 Å². The van der Waals surface area contributed by atoms with Crippen molar-refractivity contribution >= 4 is 11.8 Å². The molecule has 2 aliphatic heterocycles. The van der Waals surface area contributed by atoms with Crippen LogP contribution in [0.3, 0.4) is 0 Å². The zero-order chi connectivity index (χ0) is 16.2. The van der Waals surface area contributed by atoms with Crippen LogP contribution < -0.4 is 0 Å². The van der Waals surface area contributed by atoms with Crippen LogP contribution in [0.1, 0.15) is 66.3 Å². The lowest BCUT2D eigenvalue weighted by atomic mass is 9.99. The van der Waals surface area contributed by atoms with Gasteiger partial charge in [0, 0.05) is 37.4 Å². The van der Waals surface area contributed by atoms with Crippen LogP contribution in [0.25, 0.3) is 0 Å². The standard InChI is InChI=1S/C18H25N3O2/c1-2-15-7-3-4-12-21(15)17(22)14-8-9-19-16(13-14)18(23)20-10-5-6-11-20/h8-9,13,15H,2-7,10-12H2,1H3. The molecule has 1 aromatic heterocycles. The fourth-order valence-electron chi connectivity index (χ4n) is 3.62. The van der Waals surface area contributed by atoms with Crippen molar-refractivity contribution < 1.29 is 9.59 Å². The summed E-state index contributed by atoms with van der Waals surface area (Å²) in [5, 5.41) is 0. The molecule has 2 aliphatic rings.